The van der Waals surface area contributed by atoms with Gasteiger partial charge in [0.1, 0.15) is 0 Å². The fraction of sp³-hybridized carbons (Fsp3) is 0.724. The van der Waals surface area contributed by atoms with E-state index in [9.17, 15) is 0 Å². The molecule has 0 spiro atoms. The Bertz CT molecular complexity index is 649. The summed E-state index contributed by atoms with van der Waals surface area (Å²) in [6.07, 6.45) is 16.0. The number of ether oxygens (including phenoxy) is 1. The van der Waals surface area contributed by atoms with Gasteiger partial charge < -0.3 is 0 Å². The van der Waals surface area contributed by atoms with Gasteiger partial charge in [0.2, 0.25) is 0 Å². The van der Waals surface area contributed by atoms with Crippen molar-refractivity contribution in [1.82, 2.24) is 4.90 Å². The molecule has 1 aromatic carbocycles. The number of nitrogens with zero attached hydrogens (tertiary/aromatic N) is 1. The van der Waals surface area contributed by atoms with Gasteiger partial charge in [0, 0.05) is 0 Å². The van der Waals surface area contributed by atoms with Gasteiger partial charge in [-0.15, -0.1) is 0 Å². The molecule has 1 unspecified atom stereocenters. The molecule has 3 heteroatoms. The third-order valence-corrected chi connectivity index (χ3v) is 21.8. The molecule has 0 saturated heterocycles. The van der Waals surface area contributed by atoms with E-state index in [4.69, 9.17) is 4.74 Å². The molecule has 0 N–H and O–H groups in total. The van der Waals surface area contributed by atoms with Crippen LogP contribution in [0, 0.1) is 0 Å². The molecule has 0 amide bonds. The van der Waals surface area contributed by atoms with Crippen LogP contribution in [0.2, 0.25) is 13.3 Å². The minimum atomic E-state index is -2.16. The zero-order chi connectivity index (χ0) is 23.2. The second kappa shape index (κ2) is 15.4. The molecule has 1 aliphatic rings. The van der Waals surface area contributed by atoms with Crippen molar-refractivity contribution in [3.63, 3.8) is 0 Å². The van der Waals surface area contributed by atoms with Crippen LogP contribution in [0.15, 0.2) is 28.4 Å². The molecule has 0 aromatic heterocycles. The standard InChI is InChI=1S/C17H24NO.3C4H9.Sn/c1-4-10-18(11-5-2)16-8-6-15-13-17(19-3)9-7-14(15)12-16;3*1-3-4-2;/h1,4,7,9,13,16H,5-6,8,10-12H2,2-3H3;3*1,3-4H2,2H3;. The van der Waals surface area contributed by atoms with Gasteiger partial charge in [-0.05, 0) is 0 Å². The summed E-state index contributed by atoms with van der Waals surface area (Å²) in [6, 6.07) is 7.39. The van der Waals surface area contributed by atoms with Crippen molar-refractivity contribution in [3.05, 3.63) is 39.5 Å². The predicted molar refractivity (Wildman–Crippen MR) is 145 cm³/mol. The molecule has 2 nitrogen and oxygen atoms in total. The summed E-state index contributed by atoms with van der Waals surface area (Å²) in [5, 5.41) is 0. The molecule has 0 fully saturated rings. The minimum absolute atomic E-state index is 0.687. The molecular formula is C29H51NOSn. The Labute approximate surface area is 204 Å². The van der Waals surface area contributed by atoms with Crippen LogP contribution in [0.5, 0.6) is 5.75 Å². The van der Waals surface area contributed by atoms with E-state index in [1.54, 1.807) is 20.4 Å². The Kier molecular flexibility index (Phi) is 13.4. The summed E-state index contributed by atoms with van der Waals surface area (Å²) >= 11 is -2.16. The van der Waals surface area contributed by atoms with Crippen LogP contribution in [0.1, 0.15) is 90.2 Å². The van der Waals surface area contributed by atoms with E-state index in [2.05, 4.69) is 61.0 Å². The number of unbranched alkanes of at least 4 members (excludes halogenated alkanes) is 3. The molecule has 1 aromatic rings. The van der Waals surface area contributed by atoms with Crippen LogP contribution >= 0.6 is 0 Å². The molecule has 32 heavy (non-hydrogen) atoms. The third kappa shape index (κ3) is 8.70. The van der Waals surface area contributed by atoms with Crippen LogP contribution in [0.4, 0.5) is 0 Å². The Balaban J connectivity index is 2.10. The van der Waals surface area contributed by atoms with E-state index in [1.807, 2.05) is 0 Å². The number of methoxy groups -OCH3 is 1. The van der Waals surface area contributed by atoms with Gasteiger partial charge in [-0.1, -0.05) is 0 Å². The SMILES string of the molecule is CCC[CH2][Sn](/[CH]=C/CN(CCC)C1CCc2cc(OC)ccc2C1)([CH2]CCC)[CH2]CCC. The summed E-state index contributed by atoms with van der Waals surface area (Å²) in [5.74, 6) is 1.01. The number of rotatable bonds is 16. The summed E-state index contributed by atoms with van der Waals surface area (Å²) < 4.78 is 13.1. The first-order chi connectivity index (χ1) is 15.6. The van der Waals surface area contributed by atoms with Crippen LogP contribution < -0.4 is 4.74 Å². The second-order valence-electron chi connectivity index (χ2n) is 10.1. The van der Waals surface area contributed by atoms with E-state index < -0.39 is 18.4 Å². The van der Waals surface area contributed by atoms with Crippen LogP contribution in [0.3, 0.4) is 0 Å². The number of hydrogen-bond acceptors (Lipinski definition) is 2. The number of aryl methyl sites for hydroxylation is 1. The number of benzene rings is 1. The quantitative estimate of drug-likeness (QED) is 0.193. The molecule has 0 saturated carbocycles. The molecule has 1 aliphatic carbocycles. The molecule has 0 aliphatic heterocycles. The molecule has 0 radical (unpaired) electrons. The monoisotopic (exact) mass is 549 g/mol. The van der Waals surface area contributed by atoms with Crippen molar-refractivity contribution in [2.45, 2.75) is 111 Å². The van der Waals surface area contributed by atoms with E-state index in [0.717, 1.165) is 12.3 Å². The Morgan fingerprint density at radius 1 is 0.938 bits per heavy atom. The maximum absolute atomic E-state index is 5.45. The zero-order valence-electron chi connectivity index (χ0n) is 21.9. The fourth-order valence-electron chi connectivity index (χ4n) is 5.51. The Morgan fingerprint density at radius 3 is 2.16 bits per heavy atom. The van der Waals surface area contributed by atoms with Crippen molar-refractivity contribution in [2.75, 3.05) is 20.2 Å². The fourth-order valence-corrected chi connectivity index (χ4v) is 19.9. The zero-order valence-corrected chi connectivity index (χ0v) is 24.8. The molecule has 182 valence electrons. The van der Waals surface area contributed by atoms with Crippen LogP contribution in [0.25, 0.3) is 0 Å². The van der Waals surface area contributed by atoms with E-state index in [0.29, 0.717) is 6.04 Å². The first-order valence-electron chi connectivity index (χ1n) is 13.7. The molecule has 1 atom stereocenters. The molecule has 0 heterocycles. The van der Waals surface area contributed by atoms with Gasteiger partial charge in [0.25, 0.3) is 0 Å². The van der Waals surface area contributed by atoms with Crippen molar-refractivity contribution in [2.24, 2.45) is 0 Å². The van der Waals surface area contributed by atoms with Crippen molar-refractivity contribution < 1.29 is 4.74 Å². The van der Waals surface area contributed by atoms with Crippen molar-refractivity contribution in [1.29, 1.82) is 0 Å². The molecule has 2 rings (SSSR count). The van der Waals surface area contributed by atoms with Gasteiger partial charge in [0.15, 0.2) is 0 Å². The van der Waals surface area contributed by atoms with Gasteiger partial charge in [0.05, 0.1) is 0 Å². The Hall–Kier alpha value is -0.481. The maximum atomic E-state index is 5.45. The van der Waals surface area contributed by atoms with E-state index >= 15 is 0 Å². The van der Waals surface area contributed by atoms with E-state index in [-0.39, 0.29) is 0 Å². The normalized spacial score (nSPS) is 16.6. The summed E-state index contributed by atoms with van der Waals surface area (Å²) in [5.41, 5.74) is 3.04. The average Bonchev–Trinajstić information content (AvgIpc) is 2.83. The average molecular weight is 548 g/mol. The summed E-state index contributed by atoms with van der Waals surface area (Å²) in [6.45, 7) is 11.8. The second-order valence-corrected chi connectivity index (χ2v) is 23.1. The first kappa shape index (κ1) is 27.8. The van der Waals surface area contributed by atoms with Crippen LogP contribution in [-0.4, -0.2) is 49.5 Å². The van der Waals surface area contributed by atoms with Crippen molar-refractivity contribution >= 4 is 18.4 Å². The predicted octanol–water partition coefficient (Wildman–Crippen LogP) is 8.21. The Morgan fingerprint density at radius 2 is 1.59 bits per heavy atom. The van der Waals surface area contributed by atoms with Gasteiger partial charge in [-0.2, -0.15) is 0 Å². The van der Waals surface area contributed by atoms with Gasteiger partial charge >= 0.3 is 205 Å². The third-order valence-electron chi connectivity index (χ3n) is 7.54. The van der Waals surface area contributed by atoms with Gasteiger partial charge in [-0.3, -0.25) is 0 Å². The molecular weight excluding hydrogens is 497 g/mol. The molecule has 0 bridgehead atoms. The number of hydrogen-bond donors (Lipinski definition) is 0. The summed E-state index contributed by atoms with van der Waals surface area (Å²) in [7, 11) is 1.77. The van der Waals surface area contributed by atoms with Crippen LogP contribution in [-0.2, 0) is 12.8 Å². The first-order valence-corrected chi connectivity index (χ1v) is 21.4. The van der Waals surface area contributed by atoms with Crippen molar-refractivity contribution in [3.8, 4) is 5.75 Å². The summed E-state index contributed by atoms with van der Waals surface area (Å²) in [4.78, 5) is 2.79. The van der Waals surface area contributed by atoms with Gasteiger partial charge in [-0.25, -0.2) is 0 Å². The van der Waals surface area contributed by atoms with E-state index in [1.165, 1.54) is 81.9 Å². The topological polar surface area (TPSA) is 12.5 Å². The number of fused-ring (bicyclic) bond motifs is 1.